The van der Waals surface area contributed by atoms with Gasteiger partial charge in [0.15, 0.2) is 5.65 Å². The van der Waals surface area contributed by atoms with Crippen molar-refractivity contribution in [2.45, 2.75) is 13.0 Å². The number of nitrogens with one attached hydrogen (secondary N) is 1. The molecule has 0 aliphatic heterocycles. The zero-order valence-electron chi connectivity index (χ0n) is 12.7. The van der Waals surface area contributed by atoms with E-state index < -0.39 is 11.7 Å². The predicted octanol–water partition coefficient (Wildman–Crippen LogP) is 1.95. The number of carbonyl (C=O) groups excluding carboxylic acids is 1. The largest absolute Gasteiger partial charge is 0.324 e. The predicted molar refractivity (Wildman–Crippen MR) is 87.4 cm³/mol. The Hall–Kier alpha value is -2.74. The van der Waals surface area contributed by atoms with Crippen molar-refractivity contribution in [3.8, 4) is 0 Å². The van der Waals surface area contributed by atoms with Crippen molar-refractivity contribution in [2.75, 3.05) is 5.32 Å². The van der Waals surface area contributed by atoms with E-state index in [-0.39, 0.29) is 29.2 Å². The summed E-state index contributed by atoms with van der Waals surface area (Å²) in [5.74, 6) is -1.04. The highest BCUT2D eigenvalue weighted by molar-refractivity contribution is 6.30. The molecule has 24 heavy (non-hydrogen) atoms. The highest BCUT2D eigenvalue weighted by Crippen LogP contribution is 2.19. The minimum Gasteiger partial charge on any atom is -0.324 e. The van der Waals surface area contributed by atoms with E-state index >= 15 is 0 Å². The first-order valence-corrected chi connectivity index (χ1v) is 7.45. The van der Waals surface area contributed by atoms with Gasteiger partial charge in [0.2, 0.25) is 5.91 Å². The molecule has 9 heteroatoms. The van der Waals surface area contributed by atoms with Crippen LogP contribution in [0.2, 0.25) is 5.02 Å². The molecule has 0 spiro atoms. The fourth-order valence-electron chi connectivity index (χ4n) is 2.25. The van der Waals surface area contributed by atoms with E-state index in [1.165, 1.54) is 33.9 Å². The smallest absolute Gasteiger partial charge is 0.264 e. The van der Waals surface area contributed by atoms with E-state index in [0.29, 0.717) is 11.0 Å². The number of aryl methyl sites for hydroxylation is 2. The Bertz CT molecular complexity index is 982. The number of carbonyl (C=O) groups is 1. The second-order valence-corrected chi connectivity index (χ2v) is 5.61. The van der Waals surface area contributed by atoms with Crippen LogP contribution >= 0.6 is 11.6 Å². The highest BCUT2D eigenvalue weighted by Gasteiger charge is 2.11. The number of halogens is 2. The van der Waals surface area contributed by atoms with Gasteiger partial charge in [0.05, 0.1) is 18.2 Å². The fourth-order valence-corrected chi connectivity index (χ4v) is 2.41. The molecule has 2 heterocycles. The van der Waals surface area contributed by atoms with Gasteiger partial charge in [-0.05, 0) is 18.2 Å². The number of rotatable bonds is 4. The molecule has 0 fully saturated rings. The van der Waals surface area contributed by atoms with E-state index in [0.717, 1.165) is 6.07 Å². The van der Waals surface area contributed by atoms with Crippen LogP contribution in [0.15, 0.2) is 35.5 Å². The van der Waals surface area contributed by atoms with Crippen molar-refractivity contribution in [1.82, 2.24) is 19.3 Å². The lowest BCUT2D eigenvalue weighted by Gasteiger charge is -2.08. The van der Waals surface area contributed by atoms with E-state index in [4.69, 9.17) is 11.6 Å². The SMILES string of the molecule is Cn1ncc2c(=O)n(CCC(=O)Nc3ccc(Cl)cc3F)cnc21. The third-order valence-electron chi connectivity index (χ3n) is 3.50. The van der Waals surface area contributed by atoms with Crippen LogP contribution in [-0.2, 0) is 18.4 Å². The Labute approximate surface area is 140 Å². The zero-order chi connectivity index (χ0) is 17.3. The molecule has 0 aliphatic rings. The van der Waals surface area contributed by atoms with Crippen LogP contribution in [0.25, 0.3) is 11.0 Å². The molecule has 1 N–H and O–H groups in total. The summed E-state index contributed by atoms with van der Waals surface area (Å²) in [5.41, 5.74) is 0.236. The normalized spacial score (nSPS) is 11.0. The van der Waals surface area contributed by atoms with Crippen molar-refractivity contribution < 1.29 is 9.18 Å². The fraction of sp³-hybridized carbons (Fsp3) is 0.200. The van der Waals surface area contributed by atoms with Crippen LogP contribution in [0.3, 0.4) is 0 Å². The Balaban J connectivity index is 1.70. The molecule has 2 aromatic heterocycles. The van der Waals surface area contributed by atoms with Crippen molar-refractivity contribution >= 4 is 34.2 Å². The third-order valence-corrected chi connectivity index (χ3v) is 3.74. The molecule has 0 saturated carbocycles. The van der Waals surface area contributed by atoms with E-state index in [9.17, 15) is 14.0 Å². The Kier molecular flexibility index (Phi) is 4.30. The maximum Gasteiger partial charge on any atom is 0.264 e. The molecule has 0 saturated heterocycles. The summed E-state index contributed by atoms with van der Waals surface area (Å²) < 4.78 is 16.5. The Morgan fingerprint density at radius 3 is 2.96 bits per heavy atom. The van der Waals surface area contributed by atoms with Crippen LogP contribution in [0.4, 0.5) is 10.1 Å². The summed E-state index contributed by atoms with van der Waals surface area (Å²) in [5, 5.41) is 7.04. The van der Waals surface area contributed by atoms with E-state index in [1.54, 1.807) is 7.05 Å². The first-order chi connectivity index (χ1) is 11.5. The molecular formula is C15H13ClFN5O2. The number of benzene rings is 1. The lowest BCUT2D eigenvalue weighted by atomic mass is 10.3. The minimum atomic E-state index is -0.619. The van der Waals surface area contributed by atoms with Crippen LogP contribution < -0.4 is 10.9 Å². The van der Waals surface area contributed by atoms with E-state index in [1.807, 2.05) is 0 Å². The van der Waals surface area contributed by atoms with E-state index in [2.05, 4.69) is 15.4 Å². The monoisotopic (exact) mass is 349 g/mol. The number of hydrogen-bond acceptors (Lipinski definition) is 4. The number of anilines is 1. The minimum absolute atomic E-state index is 0.00454. The third kappa shape index (κ3) is 3.13. The number of hydrogen-bond donors (Lipinski definition) is 1. The van der Waals surface area contributed by atoms with Crippen molar-refractivity contribution in [2.24, 2.45) is 7.05 Å². The average Bonchev–Trinajstić information content (AvgIpc) is 2.92. The van der Waals surface area contributed by atoms with Gasteiger partial charge in [0, 0.05) is 25.0 Å². The molecule has 0 atom stereocenters. The Morgan fingerprint density at radius 2 is 2.21 bits per heavy atom. The molecule has 1 aromatic carbocycles. The van der Waals surface area contributed by atoms with Gasteiger partial charge in [-0.3, -0.25) is 18.8 Å². The van der Waals surface area contributed by atoms with Crippen molar-refractivity contribution in [3.05, 3.63) is 51.9 Å². The summed E-state index contributed by atoms with van der Waals surface area (Å²) in [4.78, 5) is 28.4. The lowest BCUT2D eigenvalue weighted by molar-refractivity contribution is -0.116. The summed E-state index contributed by atoms with van der Waals surface area (Å²) in [6.45, 7) is 0.123. The second kappa shape index (κ2) is 6.40. The van der Waals surface area contributed by atoms with Gasteiger partial charge < -0.3 is 5.32 Å². The molecule has 0 bridgehead atoms. The quantitative estimate of drug-likeness (QED) is 0.780. The van der Waals surface area contributed by atoms with Gasteiger partial charge in [0.25, 0.3) is 5.56 Å². The van der Waals surface area contributed by atoms with Crippen LogP contribution in [0.1, 0.15) is 6.42 Å². The highest BCUT2D eigenvalue weighted by atomic mass is 35.5. The van der Waals surface area contributed by atoms with Gasteiger partial charge in [-0.2, -0.15) is 5.10 Å². The van der Waals surface area contributed by atoms with Gasteiger partial charge in [-0.25, -0.2) is 9.37 Å². The molecular weight excluding hydrogens is 337 g/mol. The number of aromatic nitrogens is 4. The molecule has 0 radical (unpaired) electrons. The maximum absolute atomic E-state index is 13.6. The number of amides is 1. The molecule has 3 aromatic rings. The summed E-state index contributed by atoms with van der Waals surface area (Å²) in [7, 11) is 1.69. The molecule has 1 amide bonds. The van der Waals surface area contributed by atoms with Crippen LogP contribution in [-0.4, -0.2) is 25.2 Å². The van der Waals surface area contributed by atoms with Gasteiger partial charge in [0.1, 0.15) is 11.2 Å². The van der Waals surface area contributed by atoms with Crippen molar-refractivity contribution in [3.63, 3.8) is 0 Å². The molecule has 3 rings (SSSR count). The van der Waals surface area contributed by atoms with Gasteiger partial charge in [-0.15, -0.1) is 0 Å². The molecule has 124 valence electrons. The maximum atomic E-state index is 13.6. The second-order valence-electron chi connectivity index (χ2n) is 5.17. The number of nitrogens with zero attached hydrogens (tertiary/aromatic N) is 4. The van der Waals surface area contributed by atoms with Crippen molar-refractivity contribution in [1.29, 1.82) is 0 Å². The topological polar surface area (TPSA) is 81.8 Å². The summed E-state index contributed by atoms with van der Waals surface area (Å²) in [6, 6.07) is 3.97. The number of fused-ring (bicyclic) bond motifs is 1. The molecule has 0 unspecified atom stereocenters. The van der Waals surface area contributed by atoms with Crippen LogP contribution in [0, 0.1) is 5.82 Å². The van der Waals surface area contributed by atoms with Gasteiger partial charge in [-0.1, -0.05) is 11.6 Å². The summed E-state index contributed by atoms with van der Waals surface area (Å²) in [6.07, 6.45) is 2.79. The standard InChI is InChI=1S/C15H13ClFN5O2/c1-21-14-10(7-19-21)15(24)22(8-18-14)5-4-13(23)20-12-3-2-9(16)6-11(12)17/h2-3,6-8H,4-5H2,1H3,(H,20,23). The lowest BCUT2D eigenvalue weighted by Crippen LogP contribution is -2.23. The first kappa shape index (κ1) is 16.1. The summed E-state index contributed by atoms with van der Waals surface area (Å²) >= 11 is 5.66. The average molecular weight is 350 g/mol. The first-order valence-electron chi connectivity index (χ1n) is 7.08. The Morgan fingerprint density at radius 1 is 1.42 bits per heavy atom. The van der Waals surface area contributed by atoms with Crippen LogP contribution in [0.5, 0.6) is 0 Å². The van der Waals surface area contributed by atoms with Gasteiger partial charge >= 0.3 is 0 Å². The molecule has 7 nitrogen and oxygen atoms in total. The zero-order valence-corrected chi connectivity index (χ0v) is 13.4. The molecule has 0 aliphatic carbocycles.